The average Bonchev–Trinajstić information content (AvgIpc) is 2.70. The van der Waals surface area contributed by atoms with Crippen LogP contribution >= 0.6 is 15.8 Å². The molecule has 1 aliphatic rings. The third kappa shape index (κ3) is 2.02. The van der Waals surface area contributed by atoms with Gasteiger partial charge in [-0.3, -0.25) is 9.36 Å². The van der Waals surface area contributed by atoms with Gasteiger partial charge in [-0.1, -0.05) is 12.1 Å². The molecule has 4 heteroatoms. The number of rotatable bonds is 3. The van der Waals surface area contributed by atoms with Crippen molar-refractivity contribution in [2.45, 2.75) is 18.5 Å². The first-order chi connectivity index (χ1) is 7.26. The van der Waals surface area contributed by atoms with Crippen LogP contribution in [0.5, 0.6) is 0 Å². The number of hydrogen-bond acceptors (Lipinski definition) is 2. The molecule has 0 spiro atoms. The molecule has 2 nitrogen and oxygen atoms in total. The molecule has 0 amide bonds. The van der Waals surface area contributed by atoms with Crippen molar-refractivity contribution < 1.29 is 9.36 Å². The predicted octanol–water partition coefficient (Wildman–Crippen LogP) is 3.80. The number of carbonyl (C=O) groups excluding carboxylic acids is 1. The first-order valence-electron chi connectivity index (χ1n) is 4.90. The fourth-order valence-corrected chi connectivity index (χ4v) is 4.44. The van der Waals surface area contributed by atoms with Gasteiger partial charge in [0.2, 0.25) is 0 Å². The molecule has 0 N–H and O–H groups in total. The topological polar surface area (TPSA) is 34.1 Å². The highest BCUT2D eigenvalue weighted by Gasteiger charge is 2.27. The van der Waals surface area contributed by atoms with Gasteiger partial charge in [0.25, 0.3) is 0 Å². The molecule has 0 bridgehead atoms. The van der Waals surface area contributed by atoms with Crippen LogP contribution in [0.15, 0.2) is 18.2 Å². The molecule has 2 atom stereocenters. The lowest BCUT2D eigenvalue weighted by molar-refractivity contribution is 0.112. The smallest absolute Gasteiger partial charge is 0.181 e. The summed E-state index contributed by atoms with van der Waals surface area (Å²) in [4.78, 5) is 10.7. The number of carbonyl (C=O) groups is 1. The van der Waals surface area contributed by atoms with E-state index in [1.165, 1.54) is 11.1 Å². The lowest BCUT2D eigenvalue weighted by Gasteiger charge is -2.13. The van der Waals surface area contributed by atoms with Crippen LogP contribution in [-0.2, 0) is 11.0 Å². The van der Waals surface area contributed by atoms with Gasteiger partial charge in [-0.2, -0.15) is 0 Å². The summed E-state index contributed by atoms with van der Waals surface area (Å²) in [6.07, 6.45) is 3.01. The second-order valence-corrected chi connectivity index (χ2v) is 8.10. The monoisotopic (exact) mass is 238 g/mol. The molecule has 0 saturated heterocycles. The van der Waals surface area contributed by atoms with E-state index in [1.807, 2.05) is 18.2 Å². The van der Waals surface area contributed by atoms with Crippen LogP contribution in [0.1, 0.15) is 33.6 Å². The van der Waals surface area contributed by atoms with Gasteiger partial charge >= 0.3 is 0 Å². The summed E-state index contributed by atoms with van der Waals surface area (Å²) in [6.45, 7) is 2.05. The zero-order valence-electron chi connectivity index (χ0n) is 8.51. The van der Waals surface area contributed by atoms with Gasteiger partial charge in [0.15, 0.2) is 8.15 Å². The summed E-state index contributed by atoms with van der Waals surface area (Å²) >= 11 is 0. The lowest BCUT2D eigenvalue weighted by atomic mass is 10.1. The first kappa shape index (κ1) is 10.9. The Hall–Kier alpha value is -0.580. The van der Waals surface area contributed by atoms with Crippen molar-refractivity contribution in [2.24, 2.45) is 0 Å². The first-order valence-corrected chi connectivity index (χ1v) is 8.28. The van der Waals surface area contributed by atoms with Crippen molar-refractivity contribution in [3.63, 3.8) is 0 Å². The Kier molecular flexibility index (Phi) is 3.29. The molecule has 0 fully saturated rings. The predicted molar refractivity (Wildman–Crippen MR) is 63.3 cm³/mol. The lowest BCUT2D eigenvalue weighted by Crippen LogP contribution is -1.90. The fraction of sp³-hybridized carbons (Fsp3) is 0.364. The van der Waals surface area contributed by atoms with Crippen molar-refractivity contribution in [1.29, 1.82) is 0 Å². The molecule has 2 rings (SSSR count). The van der Waals surface area contributed by atoms with Crippen LogP contribution in [0.2, 0.25) is 0 Å². The maximum atomic E-state index is 10.9. The molecule has 15 heavy (non-hydrogen) atoms. The number of fused-ring (bicyclic) bond motifs is 1. The van der Waals surface area contributed by atoms with Crippen LogP contribution in [0, 0.1) is 0 Å². The maximum absolute atomic E-state index is 10.9. The van der Waals surface area contributed by atoms with Gasteiger partial charge in [-0.05, 0) is 44.3 Å². The van der Waals surface area contributed by atoms with E-state index in [1.54, 1.807) is 0 Å². The Labute approximate surface area is 91.9 Å². The SMILES string of the molecule is CP(P=O)C1CCc2ccc(C=O)cc21. The molecule has 1 aromatic rings. The normalized spacial score (nSPS) is 21.3. The maximum Gasteiger partial charge on any atom is 0.181 e. The van der Waals surface area contributed by atoms with E-state index in [2.05, 4.69) is 6.66 Å². The molecular weight excluding hydrogens is 226 g/mol. The van der Waals surface area contributed by atoms with E-state index in [0.29, 0.717) is 5.66 Å². The molecule has 2 unspecified atom stereocenters. The Morgan fingerprint density at radius 2 is 2.33 bits per heavy atom. The molecule has 1 aliphatic carbocycles. The second kappa shape index (κ2) is 4.51. The van der Waals surface area contributed by atoms with E-state index in [0.717, 1.165) is 24.7 Å². The van der Waals surface area contributed by atoms with Gasteiger partial charge in [0, 0.05) is 11.2 Å². The molecule has 78 valence electrons. The highest BCUT2D eigenvalue weighted by atomic mass is 32.0. The van der Waals surface area contributed by atoms with Crippen LogP contribution < -0.4 is 0 Å². The van der Waals surface area contributed by atoms with E-state index >= 15 is 0 Å². The minimum Gasteiger partial charge on any atom is -0.298 e. The molecule has 0 heterocycles. The zero-order chi connectivity index (χ0) is 10.8. The molecule has 1 aromatic carbocycles. The molecule has 0 aromatic heterocycles. The Morgan fingerprint density at radius 1 is 1.53 bits per heavy atom. The summed E-state index contributed by atoms with van der Waals surface area (Å²) in [6, 6.07) is 5.86. The minimum absolute atomic E-state index is 0.264. The van der Waals surface area contributed by atoms with E-state index in [-0.39, 0.29) is 8.15 Å². The summed E-state index contributed by atoms with van der Waals surface area (Å²) in [5, 5.41) is 0. The van der Waals surface area contributed by atoms with Crippen LogP contribution in [0.3, 0.4) is 0 Å². The Morgan fingerprint density at radius 3 is 3.00 bits per heavy atom. The van der Waals surface area contributed by atoms with E-state index in [9.17, 15) is 9.36 Å². The third-order valence-corrected chi connectivity index (χ3v) is 6.24. The van der Waals surface area contributed by atoms with Crippen molar-refractivity contribution in [3.05, 3.63) is 34.9 Å². The van der Waals surface area contributed by atoms with Crippen LogP contribution in [0.4, 0.5) is 0 Å². The van der Waals surface area contributed by atoms with Crippen LogP contribution in [-0.4, -0.2) is 13.0 Å². The molecule has 0 aliphatic heterocycles. The summed E-state index contributed by atoms with van der Waals surface area (Å²) in [7, 11) is -0.219. The third-order valence-electron chi connectivity index (χ3n) is 2.93. The number of aldehydes is 1. The molecule has 0 saturated carbocycles. The summed E-state index contributed by atoms with van der Waals surface area (Å²) in [5.41, 5.74) is 3.71. The van der Waals surface area contributed by atoms with E-state index in [4.69, 9.17) is 0 Å². The second-order valence-electron chi connectivity index (χ2n) is 3.79. The highest BCUT2D eigenvalue weighted by Crippen LogP contribution is 2.62. The van der Waals surface area contributed by atoms with Gasteiger partial charge in [-0.15, -0.1) is 0 Å². The van der Waals surface area contributed by atoms with Gasteiger partial charge in [-0.25, -0.2) is 0 Å². The largest absolute Gasteiger partial charge is 0.298 e. The Bertz CT molecular complexity index is 404. The number of benzene rings is 1. The number of hydrogen-bond donors (Lipinski definition) is 0. The van der Waals surface area contributed by atoms with Gasteiger partial charge in [0.1, 0.15) is 6.29 Å². The Balaban J connectivity index is 2.39. The van der Waals surface area contributed by atoms with Crippen LogP contribution in [0.25, 0.3) is 0 Å². The zero-order valence-corrected chi connectivity index (χ0v) is 10.3. The van der Waals surface area contributed by atoms with Crippen molar-refractivity contribution in [1.82, 2.24) is 0 Å². The summed E-state index contributed by atoms with van der Waals surface area (Å²) in [5.74, 6) is 0. The van der Waals surface area contributed by atoms with Crippen molar-refractivity contribution in [2.75, 3.05) is 6.66 Å². The molecular formula is C11H12O2P2. The number of aryl methyl sites for hydroxylation is 1. The average molecular weight is 238 g/mol. The quantitative estimate of drug-likeness (QED) is 0.592. The van der Waals surface area contributed by atoms with E-state index < -0.39 is 7.61 Å². The minimum atomic E-state index is -0.483. The van der Waals surface area contributed by atoms with Gasteiger partial charge < -0.3 is 0 Å². The van der Waals surface area contributed by atoms with Gasteiger partial charge in [0.05, 0.1) is 0 Å². The molecule has 0 radical (unpaired) electrons. The standard InChI is InChI=1S/C11H12O2P2/c1-15(14-13)11-5-4-9-3-2-8(7-12)6-10(9)11/h2-3,6-7,11H,4-5H2,1H3. The fourth-order valence-electron chi connectivity index (χ4n) is 2.12. The van der Waals surface area contributed by atoms with Crippen molar-refractivity contribution >= 4 is 22.0 Å². The van der Waals surface area contributed by atoms with Crippen molar-refractivity contribution in [3.8, 4) is 0 Å². The highest BCUT2D eigenvalue weighted by molar-refractivity contribution is 8.16. The summed E-state index contributed by atoms with van der Waals surface area (Å²) < 4.78 is 10.9.